The molecule has 0 aliphatic heterocycles. The van der Waals surface area contributed by atoms with Crippen LogP contribution in [0.4, 0.5) is 10.1 Å². The van der Waals surface area contributed by atoms with Crippen LogP contribution in [0.5, 0.6) is 0 Å². The van der Waals surface area contributed by atoms with Crippen LogP contribution in [0.15, 0.2) is 18.2 Å². The van der Waals surface area contributed by atoms with Gasteiger partial charge >= 0.3 is 0 Å². The summed E-state index contributed by atoms with van der Waals surface area (Å²) in [4.78, 5) is 10.2. The summed E-state index contributed by atoms with van der Waals surface area (Å²) < 4.78 is 13.4. The molecule has 0 amide bonds. The van der Waals surface area contributed by atoms with E-state index in [2.05, 4.69) is 6.92 Å². The largest absolute Gasteiger partial charge is 0.330 e. The van der Waals surface area contributed by atoms with Gasteiger partial charge in [0.2, 0.25) is 0 Å². The summed E-state index contributed by atoms with van der Waals surface area (Å²) in [6.45, 7) is 2.73. The third-order valence-corrected chi connectivity index (χ3v) is 4.11. The van der Waals surface area contributed by atoms with Crippen molar-refractivity contribution in [1.29, 1.82) is 0 Å². The van der Waals surface area contributed by atoms with E-state index in [1.54, 1.807) is 0 Å². The molecule has 0 saturated heterocycles. The number of nitrogens with zero attached hydrogens (tertiary/aromatic N) is 1. The number of hydrogen-bond acceptors (Lipinski definition) is 3. The molecule has 1 fully saturated rings. The smallest absolute Gasteiger partial charge is 0.272 e. The van der Waals surface area contributed by atoms with Crippen LogP contribution in [0, 0.1) is 27.3 Å². The van der Waals surface area contributed by atoms with E-state index in [-0.39, 0.29) is 11.1 Å². The Balaban J connectivity index is 2.25. The molecule has 4 nitrogen and oxygen atoms in total. The normalized spacial score (nSPS) is 26.6. The molecule has 1 aliphatic carbocycles. The van der Waals surface area contributed by atoms with Crippen molar-refractivity contribution < 1.29 is 9.31 Å². The molecule has 1 aliphatic rings. The molecule has 0 aromatic heterocycles. The standard InChI is InChI=1S/C14H19FN2O2/c1-10-2-3-14(7-10,9-16)8-11-4-12(15)6-13(5-11)17(18)19/h4-6,10H,2-3,7-9,16H2,1H3. The lowest BCUT2D eigenvalue weighted by Crippen LogP contribution is -2.30. The van der Waals surface area contributed by atoms with Gasteiger partial charge in [0.15, 0.2) is 0 Å². The van der Waals surface area contributed by atoms with Crippen molar-refractivity contribution in [3.8, 4) is 0 Å². The molecule has 19 heavy (non-hydrogen) atoms. The molecule has 0 spiro atoms. The molecule has 5 heteroatoms. The Labute approximate surface area is 112 Å². The number of nitrogens with two attached hydrogens (primary N) is 1. The Morgan fingerprint density at radius 3 is 2.79 bits per heavy atom. The van der Waals surface area contributed by atoms with Gasteiger partial charge < -0.3 is 5.73 Å². The van der Waals surface area contributed by atoms with Gasteiger partial charge in [-0.15, -0.1) is 0 Å². The summed E-state index contributed by atoms with van der Waals surface area (Å²) in [5.41, 5.74) is 6.35. The van der Waals surface area contributed by atoms with E-state index in [0.29, 0.717) is 24.4 Å². The maximum absolute atomic E-state index is 13.4. The Kier molecular flexibility index (Phi) is 3.85. The average Bonchev–Trinajstić information content (AvgIpc) is 2.70. The second-order valence-electron chi connectivity index (χ2n) is 5.80. The van der Waals surface area contributed by atoms with Gasteiger partial charge in [0, 0.05) is 6.07 Å². The van der Waals surface area contributed by atoms with Gasteiger partial charge in [-0.3, -0.25) is 10.1 Å². The number of hydrogen-bond donors (Lipinski definition) is 1. The predicted octanol–water partition coefficient (Wildman–Crippen LogP) is 3.04. The Morgan fingerprint density at radius 2 is 2.26 bits per heavy atom. The van der Waals surface area contributed by atoms with Crippen molar-refractivity contribution in [2.45, 2.75) is 32.6 Å². The van der Waals surface area contributed by atoms with Crippen molar-refractivity contribution in [3.63, 3.8) is 0 Å². The molecule has 0 heterocycles. The van der Waals surface area contributed by atoms with Gasteiger partial charge in [-0.1, -0.05) is 13.3 Å². The Hall–Kier alpha value is -1.49. The fourth-order valence-electron chi connectivity index (χ4n) is 3.19. The molecule has 104 valence electrons. The van der Waals surface area contributed by atoms with Gasteiger partial charge in [0.25, 0.3) is 5.69 Å². The summed E-state index contributed by atoms with van der Waals surface area (Å²) in [7, 11) is 0. The first-order valence-electron chi connectivity index (χ1n) is 6.58. The van der Waals surface area contributed by atoms with E-state index >= 15 is 0 Å². The van der Waals surface area contributed by atoms with Crippen LogP contribution >= 0.6 is 0 Å². The first-order valence-corrected chi connectivity index (χ1v) is 6.58. The molecule has 2 rings (SSSR count). The maximum atomic E-state index is 13.4. The number of halogens is 1. The maximum Gasteiger partial charge on any atom is 0.272 e. The zero-order valence-corrected chi connectivity index (χ0v) is 11.1. The first kappa shape index (κ1) is 13.9. The number of non-ortho nitro benzene ring substituents is 1. The lowest BCUT2D eigenvalue weighted by molar-refractivity contribution is -0.385. The van der Waals surface area contributed by atoms with E-state index in [0.717, 1.165) is 25.3 Å². The molecule has 1 aromatic carbocycles. The molecule has 0 radical (unpaired) electrons. The van der Waals surface area contributed by atoms with Crippen LogP contribution in [-0.4, -0.2) is 11.5 Å². The van der Waals surface area contributed by atoms with E-state index in [1.807, 2.05) is 0 Å². The molecular formula is C14H19FN2O2. The monoisotopic (exact) mass is 266 g/mol. The highest BCUT2D eigenvalue weighted by Crippen LogP contribution is 2.43. The van der Waals surface area contributed by atoms with Crippen molar-refractivity contribution in [3.05, 3.63) is 39.7 Å². The SMILES string of the molecule is CC1CCC(CN)(Cc2cc(F)cc([N+](=O)[O-])c2)C1. The van der Waals surface area contributed by atoms with Gasteiger partial charge in [0.1, 0.15) is 5.82 Å². The lowest BCUT2D eigenvalue weighted by Gasteiger charge is -2.27. The zero-order chi connectivity index (χ0) is 14.0. The summed E-state index contributed by atoms with van der Waals surface area (Å²) >= 11 is 0. The summed E-state index contributed by atoms with van der Waals surface area (Å²) in [6, 6.07) is 3.80. The number of nitro benzene ring substituents is 1. The van der Waals surface area contributed by atoms with Gasteiger partial charge in [-0.2, -0.15) is 0 Å². The van der Waals surface area contributed by atoms with Crippen LogP contribution in [0.25, 0.3) is 0 Å². The lowest BCUT2D eigenvalue weighted by atomic mass is 9.79. The Bertz CT molecular complexity index is 492. The molecule has 0 bridgehead atoms. The minimum absolute atomic E-state index is 0.0267. The molecule has 2 N–H and O–H groups in total. The summed E-state index contributed by atoms with van der Waals surface area (Å²) in [5, 5.41) is 10.8. The van der Waals surface area contributed by atoms with Gasteiger partial charge in [-0.25, -0.2) is 4.39 Å². The highest BCUT2D eigenvalue weighted by molar-refractivity contribution is 5.35. The minimum atomic E-state index is -0.557. The second kappa shape index (κ2) is 5.25. The topological polar surface area (TPSA) is 69.2 Å². The summed E-state index contributed by atoms with van der Waals surface area (Å²) in [6.07, 6.45) is 3.75. The predicted molar refractivity (Wildman–Crippen MR) is 71.3 cm³/mol. The first-order chi connectivity index (χ1) is 8.94. The third-order valence-electron chi connectivity index (χ3n) is 4.11. The van der Waals surface area contributed by atoms with Crippen LogP contribution in [-0.2, 0) is 6.42 Å². The van der Waals surface area contributed by atoms with E-state index in [9.17, 15) is 14.5 Å². The summed E-state index contributed by atoms with van der Waals surface area (Å²) in [5.74, 6) is 0.0644. The van der Waals surface area contributed by atoms with Crippen molar-refractivity contribution in [2.24, 2.45) is 17.1 Å². The van der Waals surface area contributed by atoms with E-state index in [4.69, 9.17) is 5.73 Å². The quantitative estimate of drug-likeness (QED) is 0.672. The highest BCUT2D eigenvalue weighted by Gasteiger charge is 2.36. The van der Waals surface area contributed by atoms with E-state index < -0.39 is 10.7 Å². The van der Waals surface area contributed by atoms with Crippen LogP contribution in [0.1, 0.15) is 31.7 Å². The molecule has 2 atom stereocenters. The van der Waals surface area contributed by atoms with Gasteiger partial charge in [0.05, 0.1) is 11.0 Å². The molecule has 1 aromatic rings. The van der Waals surface area contributed by atoms with Crippen molar-refractivity contribution in [1.82, 2.24) is 0 Å². The third kappa shape index (κ3) is 3.10. The number of rotatable bonds is 4. The average molecular weight is 266 g/mol. The highest BCUT2D eigenvalue weighted by atomic mass is 19.1. The van der Waals surface area contributed by atoms with Crippen LogP contribution < -0.4 is 5.73 Å². The van der Waals surface area contributed by atoms with Crippen molar-refractivity contribution in [2.75, 3.05) is 6.54 Å². The van der Waals surface area contributed by atoms with Crippen LogP contribution in [0.3, 0.4) is 0 Å². The van der Waals surface area contributed by atoms with Crippen LogP contribution in [0.2, 0.25) is 0 Å². The second-order valence-corrected chi connectivity index (χ2v) is 5.80. The Morgan fingerprint density at radius 1 is 1.53 bits per heavy atom. The van der Waals surface area contributed by atoms with Gasteiger partial charge in [-0.05, 0) is 48.8 Å². The molecule has 2 unspecified atom stereocenters. The van der Waals surface area contributed by atoms with E-state index in [1.165, 1.54) is 12.1 Å². The number of nitro groups is 1. The zero-order valence-electron chi connectivity index (χ0n) is 11.1. The number of benzene rings is 1. The minimum Gasteiger partial charge on any atom is -0.330 e. The molecular weight excluding hydrogens is 247 g/mol. The molecule has 1 saturated carbocycles. The fourth-order valence-corrected chi connectivity index (χ4v) is 3.19. The van der Waals surface area contributed by atoms with Crippen molar-refractivity contribution >= 4 is 5.69 Å². The fraction of sp³-hybridized carbons (Fsp3) is 0.571.